The largest absolute Gasteiger partial charge is 0.369 e. The Balaban J connectivity index is 1.52. The van der Waals surface area contributed by atoms with Crippen molar-refractivity contribution in [2.45, 2.75) is 57.0 Å². The molecule has 5 N–H and O–H groups in total. The third kappa shape index (κ3) is 2.43. The van der Waals surface area contributed by atoms with E-state index in [1.165, 1.54) is 6.42 Å². The molecule has 5 nitrogen and oxygen atoms in total. The summed E-state index contributed by atoms with van der Waals surface area (Å²) in [5.74, 6) is 1.01. The van der Waals surface area contributed by atoms with Crippen LogP contribution in [0.3, 0.4) is 0 Å². The molecular formula is C15H25N3O2. The maximum Gasteiger partial charge on any atom is 0.225 e. The van der Waals surface area contributed by atoms with Gasteiger partial charge in [0.25, 0.3) is 0 Å². The molecule has 5 heteroatoms. The Bertz CT molecular complexity index is 402. The van der Waals surface area contributed by atoms with Gasteiger partial charge in [-0.2, -0.15) is 0 Å². The molecule has 3 rings (SSSR count). The van der Waals surface area contributed by atoms with Crippen molar-refractivity contribution in [3.8, 4) is 0 Å². The zero-order valence-electron chi connectivity index (χ0n) is 11.9. The standard InChI is InChI=1S/C15H25N3O2/c16-13-10-2-1-9(7-10)12(13)15(20)18-11-5-3-8(4-6-11)14(17)19/h8-13H,1-7,16H2,(H2,17,19)(H,18,20). The van der Waals surface area contributed by atoms with Crippen LogP contribution < -0.4 is 16.8 Å². The minimum Gasteiger partial charge on any atom is -0.369 e. The maximum absolute atomic E-state index is 12.4. The SMILES string of the molecule is NC(=O)C1CCC(NC(=O)C2C3CCC(C3)C2N)CC1. The van der Waals surface area contributed by atoms with Gasteiger partial charge >= 0.3 is 0 Å². The predicted octanol–water partition coefficient (Wildman–Crippen LogP) is 0.520. The van der Waals surface area contributed by atoms with Crippen LogP contribution >= 0.6 is 0 Å². The van der Waals surface area contributed by atoms with E-state index in [1.54, 1.807) is 0 Å². The summed E-state index contributed by atoms with van der Waals surface area (Å²) >= 11 is 0. The van der Waals surface area contributed by atoms with Gasteiger partial charge in [-0.05, 0) is 56.8 Å². The second-order valence-electron chi connectivity index (χ2n) is 6.90. The number of fused-ring (bicyclic) bond motifs is 2. The van der Waals surface area contributed by atoms with Gasteiger partial charge in [-0.3, -0.25) is 9.59 Å². The first-order valence-corrected chi connectivity index (χ1v) is 7.91. The number of amides is 2. The van der Waals surface area contributed by atoms with Gasteiger partial charge in [0.1, 0.15) is 0 Å². The molecule has 4 unspecified atom stereocenters. The summed E-state index contributed by atoms with van der Waals surface area (Å²) in [4.78, 5) is 23.6. The van der Waals surface area contributed by atoms with Crippen LogP contribution in [0.4, 0.5) is 0 Å². The van der Waals surface area contributed by atoms with Crippen LogP contribution in [0.1, 0.15) is 44.9 Å². The quantitative estimate of drug-likeness (QED) is 0.702. The molecule has 2 amide bonds. The Labute approximate surface area is 119 Å². The van der Waals surface area contributed by atoms with E-state index in [0.29, 0.717) is 11.8 Å². The van der Waals surface area contributed by atoms with Crippen molar-refractivity contribution in [3.63, 3.8) is 0 Å². The van der Waals surface area contributed by atoms with Gasteiger partial charge < -0.3 is 16.8 Å². The fourth-order valence-electron chi connectivity index (χ4n) is 4.54. The fraction of sp³-hybridized carbons (Fsp3) is 0.867. The van der Waals surface area contributed by atoms with Crippen molar-refractivity contribution in [2.75, 3.05) is 0 Å². The lowest BCUT2D eigenvalue weighted by molar-refractivity contribution is -0.128. The van der Waals surface area contributed by atoms with Crippen LogP contribution in [0.2, 0.25) is 0 Å². The molecular weight excluding hydrogens is 254 g/mol. The van der Waals surface area contributed by atoms with E-state index in [4.69, 9.17) is 11.5 Å². The smallest absolute Gasteiger partial charge is 0.225 e. The van der Waals surface area contributed by atoms with Crippen molar-refractivity contribution < 1.29 is 9.59 Å². The summed E-state index contributed by atoms with van der Waals surface area (Å²) < 4.78 is 0. The number of carbonyl (C=O) groups is 2. The van der Waals surface area contributed by atoms with E-state index in [9.17, 15) is 9.59 Å². The Morgan fingerprint density at radius 3 is 2.15 bits per heavy atom. The number of nitrogens with one attached hydrogen (secondary N) is 1. The second kappa shape index (κ2) is 5.35. The van der Waals surface area contributed by atoms with E-state index >= 15 is 0 Å². The highest BCUT2D eigenvalue weighted by molar-refractivity contribution is 5.81. The van der Waals surface area contributed by atoms with E-state index in [-0.39, 0.29) is 35.7 Å². The number of hydrogen-bond acceptors (Lipinski definition) is 3. The average molecular weight is 279 g/mol. The first kappa shape index (κ1) is 13.9. The third-order valence-corrected chi connectivity index (χ3v) is 5.76. The molecule has 0 aromatic heterocycles. The predicted molar refractivity (Wildman–Crippen MR) is 75.4 cm³/mol. The minimum absolute atomic E-state index is 0.00657. The van der Waals surface area contributed by atoms with Gasteiger partial charge in [-0.15, -0.1) is 0 Å². The van der Waals surface area contributed by atoms with Crippen LogP contribution in [0.5, 0.6) is 0 Å². The molecule has 3 aliphatic rings. The fourth-order valence-corrected chi connectivity index (χ4v) is 4.54. The Morgan fingerprint density at radius 1 is 0.950 bits per heavy atom. The summed E-state index contributed by atoms with van der Waals surface area (Å²) in [5.41, 5.74) is 11.5. The van der Waals surface area contributed by atoms with Crippen molar-refractivity contribution >= 4 is 11.8 Å². The third-order valence-electron chi connectivity index (χ3n) is 5.76. The molecule has 0 aliphatic heterocycles. The first-order chi connectivity index (χ1) is 9.56. The van der Waals surface area contributed by atoms with Crippen molar-refractivity contribution in [1.82, 2.24) is 5.32 Å². The summed E-state index contributed by atoms with van der Waals surface area (Å²) in [6, 6.07) is 0.250. The topological polar surface area (TPSA) is 98.2 Å². The Kier molecular flexibility index (Phi) is 3.71. The van der Waals surface area contributed by atoms with E-state index in [2.05, 4.69) is 5.32 Å². The lowest BCUT2D eigenvalue weighted by atomic mass is 9.82. The lowest BCUT2D eigenvalue weighted by Gasteiger charge is -2.31. The highest BCUT2D eigenvalue weighted by atomic mass is 16.2. The van der Waals surface area contributed by atoms with Crippen molar-refractivity contribution in [1.29, 1.82) is 0 Å². The highest BCUT2D eigenvalue weighted by Crippen LogP contribution is 2.47. The highest BCUT2D eigenvalue weighted by Gasteiger charge is 2.49. The Hall–Kier alpha value is -1.10. The minimum atomic E-state index is -0.204. The molecule has 0 heterocycles. The molecule has 3 aliphatic carbocycles. The van der Waals surface area contributed by atoms with Crippen LogP contribution in [0.15, 0.2) is 0 Å². The average Bonchev–Trinajstić information content (AvgIpc) is 2.99. The molecule has 0 aromatic carbocycles. The summed E-state index contributed by atoms with van der Waals surface area (Å²) in [6.45, 7) is 0. The van der Waals surface area contributed by atoms with Gasteiger partial charge in [-0.25, -0.2) is 0 Å². The van der Waals surface area contributed by atoms with Crippen LogP contribution in [0, 0.1) is 23.7 Å². The van der Waals surface area contributed by atoms with E-state index < -0.39 is 0 Å². The number of hydrogen-bond donors (Lipinski definition) is 3. The number of nitrogens with two attached hydrogens (primary N) is 2. The molecule has 3 fully saturated rings. The number of primary amides is 1. The summed E-state index contributed by atoms with van der Waals surface area (Å²) in [7, 11) is 0. The van der Waals surface area contributed by atoms with Crippen molar-refractivity contribution in [3.05, 3.63) is 0 Å². The van der Waals surface area contributed by atoms with Crippen LogP contribution in [0.25, 0.3) is 0 Å². The molecule has 3 saturated carbocycles. The van der Waals surface area contributed by atoms with Gasteiger partial charge in [0.15, 0.2) is 0 Å². The van der Waals surface area contributed by atoms with Gasteiger partial charge in [0, 0.05) is 18.0 Å². The monoisotopic (exact) mass is 279 g/mol. The molecule has 0 aromatic rings. The molecule has 0 radical (unpaired) electrons. The Morgan fingerprint density at radius 2 is 1.60 bits per heavy atom. The molecule has 0 saturated heterocycles. The maximum atomic E-state index is 12.4. The van der Waals surface area contributed by atoms with Gasteiger partial charge in [-0.1, -0.05) is 0 Å². The molecule has 0 spiro atoms. The zero-order valence-corrected chi connectivity index (χ0v) is 11.9. The van der Waals surface area contributed by atoms with Crippen LogP contribution in [-0.4, -0.2) is 23.9 Å². The first-order valence-electron chi connectivity index (χ1n) is 7.91. The zero-order chi connectivity index (χ0) is 14.3. The molecule has 112 valence electrons. The van der Waals surface area contributed by atoms with Crippen molar-refractivity contribution in [2.24, 2.45) is 35.1 Å². The lowest BCUT2D eigenvalue weighted by Crippen LogP contribution is -2.49. The summed E-state index contributed by atoms with van der Waals surface area (Å²) in [5, 5.41) is 3.16. The summed E-state index contributed by atoms with van der Waals surface area (Å²) in [6.07, 6.45) is 6.79. The normalized spacial score (nSPS) is 43.5. The number of carbonyl (C=O) groups excluding carboxylic acids is 2. The van der Waals surface area contributed by atoms with Crippen LogP contribution in [-0.2, 0) is 9.59 Å². The molecule has 20 heavy (non-hydrogen) atoms. The molecule has 2 bridgehead atoms. The second-order valence-corrected chi connectivity index (χ2v) is 6.90. The van der Waals surface area contributed by atoms with E-state index in [0.717, 1.165) is 38.5 Å². The molecule has 4 atom stereocenters. The van der Waals surface area contributed by atoms with Gasteiger partial charge in [0.05, 0.1) is 5.92 Å². The number of rotatable bonds is 3. The van der Waals surface area contributed by atoms with E-state index in [1.807, 2.05) is 0 Å². The van der Waals surface area contributed by atoms with Gasteiger partial charge in [0.2, 0.25) is 11.8 Å².